The third kappa shape index (κ3) is 6.17. The second-order valence-corrected chi connectivity index (χ2v) is 19.0. The standard InChI is InChI=1S/C36H55NO5.C5H11NO/c1-33(2)29-11-10-25-27-20-28-26(9-8-24(41-28)5-4-17-38)34(27,3)14-15-35(25)22-36(29,35)13-12-30(33)42-32-21-37(16-18-40-32)31(39)19-23-6-7-23;1-6-2-4-7-5-3-6/h17,23-30,32H,4-16,18-22H2,1-3H3;2-5H2,1H3/t24?,25?,26?,27?,28?,29?,30-,32?,34?,35?,36?;/m0./s1. The van der Waals surface area contributed by atoms with Crippen molar-refractivity contribution in [3.05, 3.63) is 0 Å². The summed E-state index contributed by atoms with van der Waals surface area (Å²) in [5.74, 6) is 4.01. The zero-order valence-electron chi connectivity index (χ0n) is 31.2. The lowest BCUT2D eigenvalue weighted by atomic mass is 9.46. The number of amides is 1. The van der Waals surface area contributed by atoms with Gasteiger partial charge in [-0.2, -0.15) is 0 Å². The van der Waals surface area contributed by atoms with Crippen LogP contribution in [0, 0.1) is 51.2 Å². The Morgan fingerprint density at radius 2 is 1.67 bits per heavy atom. The van der Waals surface area contributed by atoms with Crippen molar-refractivity contribution < 1.29 is 28.5 Å². The second-order valence-electron chi connectivity index (χ2n) is 19.0. The fourth-order valence-corrected chi connectivity index (χ4v) is 13.5. The van der Waals surface area contributed by atoms with E-state index in [2.05, 4.69) is 32.7 Å². The first-order valence-electron chi connectivity index (χ1n) is 20.5. The van der Waals surface area contributed by atoms with Crippen LogP contribution in [0.4, 0.5) is 0 Å². The summed E-state index contributed by atoms with van der Waals surface area (Å²) in [7, 11) is 2.11. The van der Waals surface area contributed by atoms with Gasteiger partial charge in [-0.15, -0.1) is 0 Å². The molecule has 0 aromatic carbocycles. The van der Waals surface area contributed by atoms with Crippen molar-refractivity contribution in [3.63, 3.8) is 0 Å². The highest BCUT2D eigenvalue weighted by atomic mass is 16.7. The minimum absolute atomic E-state index is 0.121. The molecular weight excluding hydrogens is 616 g/mol. The summed E-state index contributed by atoms with van der Waals surface area (Å²) in [6, 6.07) is 0. The Bertz CT molecular complexity index is 1220. The zero-order valence-corrected chi connectivity index (χ0v) is 31.2. The van der Waals surface area contributed by atoms with Crippen molar-refractivity contribution in [2.75, 3.05) is 53.0 Å². The first kappa shape index (κ1) is 35.0. The number of rotatable bonds is 7. The lowest BCUT2D eigenvalue weighted by Gasteiger charge is -2.60. The number of ether oxygens (including phenoxy) is 4. The third-order valence-electron chi connectivity index (χ3n) is 16.3. The summed E-state index contributed by atoms with van der Waals surface area (Å²) < 4.78 is 24.8. The molecule has 11 atom stereocenters. The first-order chi connectivity index (χ1) is 23.6. The average Bonchev–Trinajstić information content (AvgIpc) is 4.01. The van der Waals surface area contributed by atoms with Crippen LogP contribution in [0.1, 0.15) is 117 Å². The van der Waals surface area contributed by atoms with E-state index in [0.717, 1.165) is 63.7 Å². The molecule has 1 amide bonds. The molecule has 9 rings (SSSR count). The smallest absolute Gasteiger partial charge is 0.223 e. The number of aldehydes is 1. The van der Waals surface area contributed by atoms with E-state index in [1.807, 2.05) is 4.90 Å². The van der Waals surface area contributed by atoms with Gasteiger partial charge < -0.3 is 33.5 Å². The van der Waals surface area contributed by atoms with Gasteiger partial charge in [0.15, 0.2) is 6.29 Å². The number of hydrogen-bond acceptors (Lipinski definition) is 7. The summed E-state index contributed by atoms with van der Waals surface area (Å²) in [6.45, 7) is 13.6. The van der Waals surface area contributed by atoms with Crippen molar-refractivity contribution in [2.24, 2.45) is 51.2 Å². The summed E-state index contributed by atoms with van der Waals surface area (Å²) >= 11 is 0. The van der Waals surface area contributed by atoms with E-state index in [1.54, 1.807) is 0 Å². The number of carbonyl (C=O) groups is 2. The minimum Gasteiger partial charge on any atom is -0.379 e. The first-order valence-corrected chi connectivity index (χ1v) is 20.5. The summed E-state index contributed by atoms with van der Waals surface area (Å²) in [4.78, 5) is 28.1. The lowest BCUT2D eigenvalue weighted by Crippen LogP contribution is -2.56. The number of fused-ring (bicyclic) bond motifs is 4. The predicted molar refractivity (Wildman–Crippen MR) is 188 cm³/mol. The molecule has 8 nitrogen and oxygen atoms in total. The Kier molecular flexibility index (Phi) is 9.58. The van der Waals surface area contributed by atoms with E-state index >= 15 is 0 Å². The molecule has 3 heterocycles. The van der Waals surface area contributed by atoms with Crippen LogP contribution in [0.15, 0.2) is 0 Å². The van der Waals surface area contributed by atoms with E-state index in [-0.39, 0.29) is 17.8 Å². The van der Waals surface area contributed by atoms with Crippen LogP contribution in [0.3, 0.4) is 0 Å². The highest BCUT2D eigenvalue weighted by Crippen LogP contribution is 2.87. The third-order valence-corrected chi connectivity index (χ3v) is 16.3. The molecule has 0 aromatic heterocycles. The normalized spacial score (nSPS) is 46.9. The number of carbonyl (C=O) groups excluding carboxylic acids is 2. The number of likely N-dealkylation sites (N-methyl/N-ethyl adjacent to an activating group) is 1. The molecule has 6 aliphatic carbocycles. The minimum atomic E-state index is -0.280. The number of nitrogens with zero attached hydrogens (tertiary/aromatic N) is 2. The number of hydrogen-bond donors (Lipinski definition) is 0. The molecule has 6 saturated carbocycles. The van der Waals surface area contributed by atoms with Crippen LogP contribution in [-0.4, -0.2) is 99.6 Å². The van der Waals surface area contributed by atoms with Crippen LogP contribution in [0.5, 0.6) is 0 Å². The van der Waals surface area contributed by atoms with Gasteiger partial charge in [-0.3, -0.25) is 4.79 Å². The second kappa shape index (κ2) is 13.4. The molecule has 9 aliphatic rings. The molecule has 0 bridgehead atoms. The van der Waals surface area contributed by atoms with E-state index in [9.17, 15) is 9.59 Å². The van der Waals surface area contributed by atoms with Gasteiger partial charge >= 0.3 is 0 Å². The van der Waals surface area contributed by atoms with Gasteiger partial charge in [-0.1, -0.05) is 20.8 Å². The van der Waals surface area contributed by atoms with Crippen molar-refractivity contribution in [1.82, 2.24) is 9.80 Å². The Hall–Kier alpha value is -1.06. The molecule has 3 saturated heterocycles. The zero-order chi connectivity index (χ0) is 34.0. The van der Waals surface area contributed by atoms with Gasteiger partial charge in [0, 0.05) is 32.5 Å². The maximum absolute atomic E-state index is 12.8. The SMILES string of the molecule is CC12CCC34CC35CC[C@H](OC3CN(C(=O)CC6CC6)CCO3)C(C)(C)C5CCC4C1CC1OC(CCC=O)CCC12.CN1CCOCC1. The summed E-state index contributed by atoms with van der Waals surface area (Å²) in [5, 5.41) is 0. The van der Waals surface area contributed by atoms with E-state index in [0.29, 0.717) is 84.7 Å². The van der Waals surface area contributed by atoms with Gasteiger partial charge in [-0.25, -0.2) is 0 Å². The van der Waals surface area contributed by atoms with Gasteiger partial charge in [0.2, 0.25) is 5.91 Å². The van der Waals surface area contributed by atoms with Crippen molar-refractivity contribution >= 4 is 12.2 Å². The van der Waals surface area contributed by atoms with Crippen LogP contribution in [0.2, 0.25) is 0 Å². The fourth-order valence-electron chi connectivity index (χ4n) is 13.5. The Morgan fingerprint density at radius 1 is 0.878 bits per heavy atom. The molecule has 0 N–H and O–H groups in total. The Balaban J connectivity index is 0.000000446. The topological polar surface area (TPSA) is 77.5 Å². The van der Waals surface area contributed by atoms with E-state index < -0.39 is 0 Å². The van der Waals surface area contributed by atoms with Crippen LogP contribution < -0.4 is 0 Å². The fraction of sp³-hybridized carbons (Fsp3) is 0.951. The molecular formula is C41H66N2O6. The van der Waals surface area contributed by atoms with Gasteiger partial charge in [-0.05, 0) is 142 Å². The molecule has 276 valence electrons. The Morgan fingerprint density at radius 3 is 2.41 bits per heavy atom. The maximum Gasteiger partial charge on any atom is 0.223 e. The monoisotopic (exact) mass is 682 g/mol. The molecule has 10 unspecified atom stereocenters. The van der Waals surface area contributed by atoms with E-state index in [1.165, 1.54) is 64.2 Å². The van der Waals surface area contributed by atoms with Gasteiger partial charge in [0.05, 0.1) is 44.7 Å². The summed E-state index contributed by atoms with van der Waals surface area (Å²) in [6.07, 6.45) is 19.5. The van der Waals surface area contributed by atoms with E-state index in [4.69, 9.17) is 18.9 Å². The summed E-state index contributed by atoms with van der Waals surface area (Å²) in [5.41, 5.74) is 1.60. The van der Waals surface area contributed by atoms with Crippen LogP contribution in [0.25, 0.3) is 0 Å². The Labute approximate surface area is 296 Å². The quantitative estimate of drug-likeness (QED) is 0.284. The molecule has 3 aliphatic heterocycles. The molecule has 9 fully saturated rings. The van der Waals surface area contributed by atoms with Crippen molar-refractivity contribution in [1.29, 1.82) is 0 Å². The van der Waals surface area contributed by atoms with Crippen molar-refractivity contribution in [3.8, 4) is 0 Å². The number of morpholine rings is 2. The molecule has 49 heavy (non-hydrogen) atoms. The lowest BCUT2D eigenvalue weighted by molar-refractivity contribution is -0.244. The molecule has 2 spiro atoms. The highest BCUT2D eigenvalue weighted by Gasteiger charge is 2.80. The highest BCUT2D eigenvalue weighted by molar-refractivity contribution is 5.76. The molecule has 0 radical (unpaired) electrons. The van der Waals surface area contributed by atoms with Crippen molar-refractivity contribution in [2.45, 2.75) is 142 Å². The predicted octanol–water partition coefficient (Wildman–Crippen LogP) is 6.49. The van der Waals surface area contributed by atoms with Crippen LogP contribution >= 0.6 is 0 Å². The van der Waals surface area contributed by atoms with Crippen LogP contribution in [-0.2, 0) is 28.5 Å². The molecule has 0 aromatic rings. The molecule has 8 heteroatoms. The average molecular weight is 683 g/mol. The van der Waals surface area contributed by atoms with Gasteiger partial charge in [0.25, 0.3) is 0 Å². The van der Waals surface area contributed by atoms with Gasteiger partial charge in [0.1, 0.15) is 6.29 Å². The maximum atomic E-state index is 12.8. The largest absolute Gasteiger partial charge is 0.379 e.